The largest absolute Gasteiger partial charge is 0.354 e. The number of rotatable bonds is 4. The highest BCUT2D eigenvalue weighted by Gasteiger charge is 2.18. The van der Waals surface area contributed by atoms with Gasteiger partial charge in [-0.25, -0.2) is 4.98 Å². The van der Waals surface area contributed by atoms with Crippen LogP contribution in [0.15, 0.2) is 18.3 Å². The monoisotopic (exact) mass is 277 g/mol. The zero-order valence-corrected chi connectivity index (χ0v) is 12.2. The number of aromatic nitrogens is 1. The van der Waals surface area contributed by atoms with E-state index in [2.05, 4.69) is 27.1 Å². The summed E-state index contributed by atoms with van der Waals surface area (Å²) in [7, 11) is 2.12. The number of hydrogen-bond acceptors (Lipinski definition) is 5. The molecule has 1 amide bonds. The minimum absolute atomic E-state index is 0.141. The Balaban J connectivity index is 2.04. The fraction of sp³-hybridized carbons (Fsp3) is 0.571. The van der Waals surface area contributed by atoms with Crippen molar-refractivity contribution >= 4 is 11.7 Å². The molecule has 2 heterocycles. The molecular formula is C14H23N5O. The van der Waals surface area contributed by atoms with Crippen LogP contribution in [0.5, 0.6) is 0 Å². The molecule has 1 aromatic rings. The molecule has 3 N–H and O–H groups in total. The first-order valence-electron chi connectivity index (χ1n) is 6.98. The van der Waals surface area contributed by atoms with Crippen LogP contribution in [0, 0.1) is 0 Å². The second-order valence-corrected chi connectivity index (χ2v) is 5.28. The van der Waals surface area contributed by atoms with E-state index in [0.717, 1.165) is 37.6 Å². The van der Waals surface area contributed by atoms with Gasteiger partial charge in [-0.3, -0.25) is 4.79 Å². The number of hydrogen-bond donors (Lipinski definition) is 2. The number of nitrogens with one attached hydrogen (secondary N) is 1. The lowest BCUT2D eigenvalue weighted by Gasteiger charge is -2.34. The predicted octanol–water partition coefficient (Wildman–Crippen LogP) is -0.203. The average molecular weight is 277 g/mol. The van der Waals surface area contributed by atoms with Gasteiger partial charge >= 0.3 is 0 Å². The Hall–Kier alpha value is -1.66. The smallest absolute Gasteiger partial charge is 0.236 e. The highest BCUT2D eigenvalue weighted by atomic mass is 16.2. The number of anilines is 1. The lowest BCUT2D eigenvalue weighted by atomic mass is 10.2. The first kappa shape index (κ1) is 14.7. The van der Waals surface area contributed by atoms with Gasteiger partial charge in [0.15, 0.2) is 0 Å². The van der Waals surface area contributed by atoms with Crippen LogP contribution < -0.4 is 16.0 Å². The number of carbonyl (C=O) groups excluding carboxylic acids is 1. The second kappa shape index (κ2) is 6.67. The summed E-state index contributed by atoms with van der Waals surface area (Å²) < 4.78 is 0. The van der Waals surface area contributed by atoms with Gasteiger partial charge in [0.1, 0.15) is 5.82 Å². The van der Waals surface area contributed by atoms with Crippen LogP contribution in [0.3, 0.4) is 0 Å². The third-order valence-corrected chi connectivity index (χ3v) is 3.54. The van der Waals surface area contributed by atoms with Crippen LogP contribution in [-0.2, 0) is 11.3 Å². The minimum Gasteiger partial charge on any atom is -0.354 e. The number of pyridine rings is 1. The third kappa shape index (κ3) is 3.68. The molecule has 0 aromatic carbocycles. The van der Waals surface area contributed by atoms with Gasteiger partial charge in [0, 0.05) is 44.5 Å². The number of amides is 1. The lowest BCUT2D eigenvalue weighted by Crippen LogP contribution is -2.45. The van der Waals surface area contributed by atoms with Crippen LogP contribution in [0.4, 0.5) is 5.82 Å². The van der Waals surface area contributed by atoms with Crippen LogP contribution in [-0.4, -0.2) is 55.1 Å². The second-order valence-electron chi connectivity index (χ2n) is 5.28. The summed E-state index contributed by atoms with van der Waals surface area (Å²) >= 11 is 0. The Morgan fingerprint density at radius 1 is 1.45 bits per heavy atom. The Labute approximate surface area is 120 Å². The zero-order chi connectivity index (χ0) is 14.5. The standard InChI is InChI=1S/C14H23N5O/c1-11(15)14(20)17-10-12-4-3-5-16-13(12)19-8-6-18(2)7-9-19/h3-5,11H,6-10,15H2,1-2H3,(H,17,20)/t11-/m1/s1. The van der Waals surface area contributed by atoms with Gasteiger partial charge in [0.25, 0.3) is 0 Å². The molecule has 1 aliphatic rings. The number of nitrogens with zero attached hydrogens (tertiary/aromatic N) is 3. The summed E-state index contributed by atoms with van der Waals surface area (Å²) in [4.78, 5) is 20.6. The Bertz CT molecular complexity index is 455. The highest BCUT2D eigenvalue weighted by Crippen LogP contribution is 2.18. The molecule has 6 nitrogen and oxygen atoms in total. The molecule has 2 rings (SSSR count). The van der Waals surface area contributed by atoms with E-state index in [1.165, 1.54) is 0 Å². The zero-order valence-electron chi connectivity index (χ0n) is 12.2. The first-order chi connectivity index (χ1) is 9.58. The molecule has 110 valence electrons. The van der Waals surface area contributed by atoms with Crippen LogP contribution in [0.25, 0.3) is 0 Å². The van der Waals surface area contributed by atoms with Crippen LogP contribution in [0.2, 0.25) is 0 Å². The molecule has 0 aliphatic carbocycles. The van der Waals surface area contributed by atoms with Crippen molar-refractivity contribution in [2.45, 2.75) is 19.5 Å². The molecule has 1 aliphatic heterocycles. The van der Waals surface area contributed by atoms with E-state index in [4.69, 9.17) is 5.73 Å². The first-order valence-corrected chi connectivity index (χ1v) is 6.98. The van der Waals surface area contributed by atoms with E-state index >= 15 is 0 Å². The third-order valence-electron chi connectivity index (χ3n) is 3.54. The summed E-state index contributed by atoms with van der Waals surface area (Å²) in [6.45, 7) is 6.13. The van der Waals surface area contributed by atoms with Crippen molar-refractivity contribution in [1.82, 2.24) is 15.2 Å². The SMILES string of the molecule is C[C@@H](N)C(=O)NCc1cccnc1N1CCN(C)CC1. The van der Waals surface area contributed by atoms with E-state index < -0.39 is 6.04 Å². The van der Waals surface area contributed by atoms with Gasteiger partial charge in [0.2, 0.25) is 5.91 Å². The molecule has 1 fully saturated rings. The highest BCUT2D eigenvalue weighted by molar-refractivity contribution is 5.81. The molecule has 0 radical (unpaired) electrons. The van der Waals surface area contributed by atoms with E-state index in [1.54, 1.807) is 13.1 Å². The fourth-order valence-electron chi connectivity index (χ4n) is 2.21. The summed E-state index contributed by atoms with van der Waals surface area (Å²) in [6, 6.07) is 3.41. The van der Waals surface area contributed by atoms with Crippen molar-refractivity contribution in [1.29, 1.82) is 0 Å². The number of carbonyl (C=O) groups is 1. The van der Waals surface area contributed by atoms with Crippen molar-refractivity contribution in [3.8, 4) is 0 Å². The van der Waals surface area contributed by atoms with E-state index in [0.29, 0.717) is 6.54 Å². The van der Waals surface area contributed by atoms with Crippen molar-refractivity contribution in [3.05, 3.63) is 23.9 Å². The van der Waals surface area contributed by atoms with E-state index in [9.17, 15) is 4.79 Å². The molecule has 6 heteroatoms. The quantitative estimate of drug-likeness (QED) is 0.797. The molecule has 0 saturated carbocycles. The number of nitrogens with two attached hydrogens (primary N) is 1. The maximum Gasteiger partial charge on any atom is 0.236 e. The maximum absolute atomic E-state index is 11.6. The lowest BCUT2D eigenvalue weighted by molar-refractivity contribution is -0.122. The Morgan fingerprint density at radius 2 is 2.15 bits per heavy atom. The van der Waals surface area contributed by atoms with Gasteiger partial charge in [-0.05, 0) is 20.0 Å². The molecule has 1 aromatic heterocycles. The van der Waals surface area contributed by atoms with Gasteiger partial charge in [-0.15, -0.1) is 0 Å². The molecule has 20 heavy (non-hydrogen) atoms. The van der Waals surface area contributed by atoms with Crippen LogP contribution in [0.1, 0.15) is 12.5 Å². The summed E-state index contributed by atoms with van der Waals surface area (Å²) in [5.41, 5.74) is 6.59. The van der Waals surface area contributed by atoms with Gasteiger partial charge < -0.3 is 20.9 Å². The van der Waals surface area contributed by atoms with Gasteiger partial charge in [-0.1, -0.05) is 6.07 Å². The molecule has 1 atom stereocenters. The van der Waals surface area contributed by atoms with Crippen molar-refractivity contribution < 1.29 is 4.79 Å². The minimum atomic E-state index is -0.487. The Kier molecular flexibility index (Phi) is 4.92. The van der Waals surface area contributed by atoms with E-state index in [-0.39, 0.29) is 5.91 Å². The van der Waals surface area contributed by atoms with Crippen LogP contribution >= 0.6 is 0 Å². The van der Waals surface area contributed by atoms with Crippen molar-refractivity contribution in [3.63, 3.8) is 0 Å². The Morgan fingerprint density at radius 3 is 2.80 bits per heavy atom. The van der Waals surface area contributed by atoms with Crippen molar-refractivity contribution in [2.75, 3.05) is 38.1 Å². The van der Waals surface area contributed by atoms with Crippen molar-refractivity contribution in [2.24, 2.45) is 5.73 Å². The normalized spacial score (nSPS) is 17.9. The fourth-order valence-corrected chi connectivity index (χ4v) is 2.21. The summed E-state index contributed by atoms with van der Waals surface area (Å²) in [5.74, 6) is 0.823. The molecule has 0 bridgehead atoms. The topological polar surface area (TPSA) is 74.5 Å². The number of likely N-dealkylation sites (N-methyl/N-ethyl adjacent to an activating group) is 1. The average Bonchev–Trinajstić information content (AvgIpc) is 2.46. The van der Waals surface area contributed by atoms with Gasteiger partial charge in [0.05, 0.1) is 6.04 Å². The maximum atomic E-state index is 11.6. The molecule has 1 saturated heterocycles. The molecular weight excluding hydrogens is 254 g/mol. The molecule has 0 spiro atoms. The number of piperazine rings is 1. The van der Waals surface area contributed by atoms with E-state index in [1.807, 2.05) is 12.1 Å². The predicted molar refractivity (Wildman–Crippen MR) is 79.4 cm³/mol. The van der Waals surface area contributed by atoms with Gasteiger partial charge in [-0.2, -0.15) is 0 Å². The summed E-state index contributed by atoms with van der Waals surface area (Å²) in [6.07, 6.45) is 1.80. The molecule has 0 unspecified atom stereocenters. The summed E-state index contributed by atoms with van der Waals surface area (Å²) in [5, 5.41) is 2.85.